The van der Waals surface area contributed by atoms with Gasteiger partial charge in [0.25, 0.3) is 0 Å². The average molecular weight is 309 g/mol. The van der Waals surface area contributed by atoms with Crippen molar-refractivity contribution in [3.63, 3.8) is 0 Å². The van der Waals surface area contributed by atoms with Gasteiger partial charge in [-0.1, -0.05) is 12.1 Å². The molecule has 0 heterocycles. The molecule has 0 radical (unpaired) electrons. The number of thioether (sulfide) groups is 1. The molecule has 0 aliphatic heterocycles. The molecule has 0 aliphatic rings. The van der Waals surface area contributed by atoms with Gasteiger partial charge in [-0.05, 0) is 42.0 Å². The van der Waals surface area contributed by atoms with Crippen LogP contribution in [-0.4, -0.2) is 6.36 Å². The van der Waals surface area contributed by atoms with Crippen LogP contribution in [0.5, 0.6) is 5.75 Å². The summed E-state index contributed by atoms with van der Waals surface area (Å²) in [5.74, 6) is 0.396. The normalized spacial score (nSPS) is 11.0. The molecule has 2 aromatic rings. The van der Waals surface area contributed by atoms with E-state index in [0.29, 0.717) is 11.3 Å². The number of ether oxygens (including phenoxy) is 1. The molecule has 2 rings (SSSR count). The fourth-order valence-electron chi connectivity index (χ4n) is 1.58. The maximum absolute atomic E-state index is 12.0. The molecule has 0 aromatic heterocycles. The van der Waals surface area contributed by atoms with Crippen molar-refractivity contribution in [3.05, 3.63) is 59.7 Å². The van der Waals surface area contributed by atoms with Gasteiger partial charge in [0, 0.05) is 10.6 Å². The molecule has 21 heavy (non-hydrogen) atoms. The number of nitrogens with zero attached hydrogens (tertiary/aromatic N) is 1. The number of hydrogen-bond acceptors (Lipinski definition) is 3. The molecule has 0 unspecified atom stereocenters. The summed E-state index contributed by atoms with van der Waals surface area (Å²) in [4.78, 5) is 0.990. The predicted molar refractivity (Wildman–Crippen MR) is 73.8 cm³/mol. The molecule has 6 heteroatoms. The highest BCUT2D eigenvalue weighted by Crippen LogP contribution is 2.26. The van der Waals surface area contributed by atoms with Crippen molar-refractivity contribution in [2.24, 2.45) is 0 Å². The Morgan fingerprint density at radius 2 is 1.62 bits per heavy atom. The van der Waals surface area contributed by atoms with Crippen molar-refractivity contribution in [2.45, 2.75) is 17.0 Å². The van der Waals surface area contributed by atoms with Crippen LogP contribution in [0.2, 0.25) is 0 Å². The number of nitriles is 1. The van der Waals surface area contributed by atoms with Gasteiger partial charge in [-0.3, -0.25) is 0 Å². The first-order valence-corrected chi connectivity index (χ1v) is 6.92. The Bertz CT molecular complexity index is 630. The highest BCUT2D eigenvalue weighted by Gasteiger charge is 2.30. The monoisotopic (exact) mass is 309 g/mol. The van der Waals surface area contributed by atoms with E-state index in [4.69, 9.17) is 5.26 Å². The lowest BCUT2D eigenvalue weighted by atomic mass is 10.2. The standard InChI is InChI=1S/C15H10F3NOS/c16-15(17,18)20-13-5-1-12(2-6-13)10-21-14-7-3-11(9-19)4-8-14/h1-8H,10H2. The minimum atomic E-state index is -4.67. The third-order valence-electron chi connectivity index (χ3n) is 2.55. The molecule has 0 N–H and O–H groups in total. The van der Waals surface area contributed by atoms with Crippen LogP contribution in [0, 0.1) is 11.3 Å². The van der Waals surface area contributed by atoms with Crippen LogP contribution in [-0.2, 0) is 5.75 Å². The largest absolute Gasteiger partial charge is 0.573 e. The summed E-state index contributed by atoms with van der Waals surface area (Å²) in [7, 11) is 0. The number of halogens is 3. The molecule has 0 saturated heterocycles. The lowest BCUT2D eigenvalue weighted by molar-refractivity contribution is -0.274. The first kappa shape index (κ1) is 15.3. The van der Waals surface area contributed by atoms with Crippen LogP contribution in [0.15, 0.2) is 53.4 Å². The van der Waals surface area contributed by atoms with E-state index in [0.717, 1.165) is 10.5 Å². The van der Waals surface area contributed by atoms with E-state index in [2.05, 4.69) is 4.74 Å². The van der Waals surface area contributed by atoms with Crippen molar-refractivity contribution >= 4 is 11.8 Å². The summed E-state index contributed by atoms with van der Waals surface area (Å²) in [6.07, 6.45) is -4.67. The predicted octanol–water partition coefficient (Wildman–Crippen LogP) is 4.75. The number of alkyl halides is 3. The maximum Gasteiger partial charge on any atom is 0.573 e. The minimum absolute atomic E-state index is 0.227. The van der Waals surface area contributed by atoms with Crippen LogP contribution >= 0.6 is 11.8 Å². The van der Waals surface area contributed by atoms with Crippen molar-refractivity contribution in [2.75, 3.05) is 0 Å². The Morgan fingerprint density at radius 3 is 2.14 bits per heavy atom. The van der Waals surface area contributed by atoms with Gasteiger partial charge < -0.3 is 4.74 Å². The molecule has 2 nitrogen and oxygen atoms in total. The van der Waals surface area contributed by atoms with Crippen LogP contribution in [0.1, 0.15) is 11.1 Å². The van der Waals surface area contributed by atoms with Crippen molar-refractivity contribution in [1.29, 1.82) is 5.26 Å². The summed E-state index contributed by atoms with van der Waals surface area (Å²) in [6.45, 7) is 0. The van der Waals surface area contributed by atoms with Gasteiger partial charge in [-0.15, -0.1) is 24.9 Å². The fraction of sp³-hybridized carbons (Fsp3) is 0.133. The second kappa shape index (κ2) is 6.55. The Morgan fingerprint density at radius 1 is 1.00 bits per heavy atom. The van der Waals surface area contributed by atoms with Gasteiger partial charge in [-0.25, -0.2) is 0 Å². The van der Waals surface area contributed by atoms with Crippen molar-refractivity contribution < 1.29 is 17.9 Å². The molecule has 0 aliphatic carbocycles. The Kier molecular flexibility index (Phi) is 4.76. The van der Waals surface area contributed by atoms with Gasteiger partial charge in [0.2, 0.25) is 0 Å². The summed E-state index contributed by atoms with van der Waals surface area (Å²) in [5.41, 5.74) is 1.48. The topological polar surface area (TPSA) is 33.0 Å². The third-order valence-corrected chi connectivity index (χ3v) is 3.63. The molecule has 0 atom stereocenters. The molecule has 0 bridgehead atoms. The van der Waals surface area contributed by atoms with Crippen LogP contribution in [0.4, 0.5) is 13.2 Å². The summed E-state index contributed by atoms with van der Waals surface area (Å²) in [6, 6.07) is 14.9. The van der Waals surface area contributed by atoms with Crippen molar-refractivity contribution in [1.82, 2.24) is 0 Å². The highest BCUT2D eigenvalue weighted by molar-refractivity contribution is 7.98. The number of benzene rings is 2. The molecular weight excluding hydrogens is 299 g/mol. The minimum Gasteiger partial charge on any atom is -0.406 e. The lowest BCUT2D eigenvalue weighted by Gasteiger charge is -2.09. The van der Waals surface area contributed by atoms with Gasteiger partial charge in [0.15, 0.2) is 0 Å². The van der Waals surface area contributed by atoms with Crippen LogP contribution in [0.3, 0.4) is 0 Å². The zero-order valence-corrected chi connectivity index (χ0v) is 11.5. The number of hydrogen-bond donors (Lipinski definition) is 0. The fourth-order valence-corrected chi connectivity index (χ4v) is 2.43. The van der Waals surface area contributed by atoms with Crippen LogP contribution < -0.4 is 4.74 Å². The van der Waals surface area contributed by atoms with E-state index >= 15 is 0 Å². The summed E-state index contributed by atoms with van der Waals surface area (Å²) >= 11 is 1.54. The smallest absolute Gasteiger partial charge is 0.406 e. The maximum atomic E-state index is 12.0. The average Bonchev–Trinajstić information content (AvgIpc) is 2.45. The van der Waals surface area contributed by atoms with Gasteiger partial charge >= 0.3 is 6.36 Å². The van der Waals surface area contributed by atoms with E-state index in [1.807, 2.05) is 18.2 Å². The molecule has 0 saturated carbocycles. The molecule has 0 amide bonds. The van der Waals surface area contributed by atoms with Crippen LogP contribution in [0.25, 0.3) is 0 Å². The Labute approximate surface area is 124 Å². The number of rotatable bonds is 4. The zero-order chi connectivity index (χ0) is 15.3. The lowest BCUT2D eigenvalue weighted by Crippen LogP contribution is -2.16. The first-order chi connectivity index (χ1) is 9.96. The van der Waals surface area contributed by atoms with Gasteiger partial charge in [0.1, 0.15) is 5.75 Å². The van der Waals surface area contributed by atoms with Gasteiger partial charge in [-0.2, -0.15) is 5.26 Å². The Hall–Kier alpha value is -2.13. The summed E-state index contributed by atoms with van der Waals surface area (Å²) in [5, 5.41) is 8.69. The van der Waals surface area contributed by atoms with Gasteiger partial charge in [0.05, 0.1) is 11.6 Å². The third kappa shape index (κ3) is 5.04. The first-order valence-electron chi connectivity index (χ1n) is 5.94. The highest BCUT2D eigenvalue weighted by atomic mass is 32.2. The van der Waals surface area contributed by atoms with Crippen molar-refractivity contribution in [3.8, 4) is 11.8 Å². The molecule has 0 spiro atoms. The second-order valence-electron chi connectivity index (χ2n) is 4.12. The quantitative estimate of drug-likeness (QED) is 0.764. The second-order valence-corrected chi connectivity index (χ2v) is 5.17. The molecule has 2 aromatic carbocycles. The molecular formula is C15H10F3NOS. The zero-order valence-electron chi connectivity index (χ0n) is 10.7. The SMILES string of the molecule is N#Cc1ccc(SCc2ccc(OC(F)(F)F)cc2)cc1. The molecule has 108 valence electrons. The van der Waals surface area contributed by atoms with E-state index in [-0.39, 0.29) is 5.75 Å². The molecule has 0 fully saturated rings. The van der Waals surface area contributed by atoms with E-state index < -0.39 is 6.36 Å². The van der Waals surface area contributed by atoms with E-state index in [1.165, 1.54) is 23.9 Å². The van der Waals surface area contributed by atoms with E-state index in [1.54, 1.807) is 24.3 Å². The summed E-state index contributed by atoms with van der Waals surface area (Å²) < 4.78 is 39.9. The Balaban J connectivity index is 1.92. The van der Waals surface area contributed by atoms with E-state index in [9.17, 15) is 13.2 Å².